The van der Waals surface area contributed by atoms with Gasteiger partial charge in [0.25, 0.3) is 0 Å². The summed E-state index contributed by atoms with van der Waals surface area (Å²) in [6.07, 6.45) is 0. The molecule has 18 heavy (non-hydrogen) atoms. The minimum Gasteiger partial charge on any atom is -0.419 e. The van der Waals surface area contributed by atoms with Crippen molar-refractivity contribution >= 4 is 11.7 Å². The Morgan fingerprint density at radius 2 is 1.61 bits per heavy atom. The zero-order chi connectivity index (χ0) is 13.0. The minimum absolute atomic E-state index is 0.00169. The lowest BCUT2D eigenvalue weighted by molar-refractivity contribution is 0.0733. The highest BCUT2D eigenvalue weighted by molar-refractivity contribution is 5.91. The van der Waals surface area contributed by atoms with Crippen LogP contribution in [-0.2, 0) is 0 Å². The number of anilines is 1. The van der Waals surface area contributed by atoms with Crippen molar-refractivity contribution in [3.05, 3.63) is 70.4 Å². The van der Waals surface area contributed by atoms with Crippen molar-refractivity contribution in [1.29, 1.82) is 0 Å². The number of rotatable bonds is 2. The summed E-state index contributed by atoms with van der Waals surface area (Å²) in [6.45, 7) is 0. The molecule has 0 aromatic heterocycles. The van der Waals surface area contributed by atoms with Crippen LogP contribution in [0.3, 0.4) is 0 Å². The quantitative estimate of drug-likeness (QED) is 0.643. The fourth-order valence-electron chi connectivity index (χ4n) is 1.38. The molecule has 2 aromatic carbocycles. The number of carbonyl (C=O) groups is 1. The maximum Gasteiger partial charge on any atom is 0.343 e. The summed E-state index contributed by atoms with van der Waals surface area (Å²) in [6, 6.07) is 14.0. The Bertz CT molecular complexity index is 620. The number of hydrogen-bond acceptors (Lipinski definition) is 4. The van der Waals surface area contributed by atoms with E-state index < -0.39 is 5.97 Å². The van der Waals surface area contributed by atoms with Crippen LogP contribution < -0.4 is 15.9 Å². The Morgan fingerprint density at radius 3 is 2.33 bits per heavy atom. The van der Waals surface area contributed by atoms with E-state index in [0.29, 0.717) is 11.3 Å². The molecule has 0 aliphatic carbocycles. The minimum atomic E-state index is -0.585. The monoisotopic (exact) mass is 241 g/mol. The molecule has 0 bridgehead atoms. The number of ether oxygens (including phenoxy) is 1. The molecule has 0 radical (unpaired) electrons. The Morgan fingerprint density at radius 1 is 0.944 bits per heavy atom. The fourth-order valence-corrected chi connectivity index (χ4v) is 1.38. The van der Waals surface area contributed by atoms with E-state index >= 15 is 0 Å². The predicted octanol–water partition coefficient (Wildman–Crippen LogP) is 1.85. The largest absolute Gasteiger partial charge is 0.419 e. The van der Waals surface area contributed by atoms with Crippen LogP contribution in [0.15, 0.2) is 59.4 Å². The first kappa shape index (κ1) is 11.9. The summed E-state index contributed by atoms with van der Waals surface area (Å²) >= 11 is 0. The maximum atomic E-state index is 11.8. The lowest BCUT2D eigenvalue weighted by atomic mass is 10.2. The van der Waals surface area contributed by atoms with Crippen molar-refractivity contribution in [2.24, 2.45) is 0 Å². The molecule has 0 heterocycles. The molecule has 0 saturated carbocycles. The Balaban J connectivity index is 2.25. The standard InChI is InChI=1S/C14H11NO3/c15-11-8-6-10(7-9-11)14(17)18-13-5-3-1-2-4-12(13)16/h1-9H,15H2. The average molecular weight is 241 g/mol. The molecule has 90 valence electrons. The van der Waals surface area contributed by atoms with Crippen LogP contribution in [-0.4, -0.2) is 5.97 Å². The van der Waals surface area contributed by atoms with Gasteiger partial charge in [-0.3, -0.25) is 4.79 Å². The van der Waals surface area contributed by atoms with Gasteiger partial charge < -0.3 is 10.5 Å². The molecule has 2 N–H and O–H groups in total. The smallest absolute Gasteiger partial charge is 0.343 e. The summed E-state index contributed by atoms with van der Waals surface area (Å²) in [5.74, 6) is -0.583. The summed E-state index contributed by atoms with van der Waals surface area (Å²) in [5.41, 5.74) is 6.07. The highest BCUT2D eigenvalue weighted by atomic mass is 16.5. The molecule has 0 unspecified atom stereocenters. The number of hydrogen-bond donors (Lipinski definition) is 1. The third-order valence-electron chi connectivity index (χ3n) is 2.31. The molecule has 0 fully saturated rings. The van der Waals surface area contributed by atoms with E-state index in [4.69, 9.17) is 10.5 Å². The zero-order valence-electron chi connectivity index (χ0n) is 9.50. The molecule has 0 saturated heterocycles. The van der Waals surface area contributed by atoms with Crippen molar-refractivity contribution in [2.75, 3.05) is 5.73 Å². The zero-order valence-corrected chi connectivity index (χ0v) is 9.50. The molecule has 2 aromatic rings. The van der Waals surface area contributed by atoms with E-state index in [2.05, 4.69) is 0 Å². The summed E-state index contributed by atoms with van der Waals surface area (Å²) in [4.78, 5) is 23.3. The second kappa shape index (κ2) is 5.14. The Kier molecular flexibility index (Phi) is 3.38. The lowest BCUT2D eigenvalue weighted by Crippen LogP contribution is -2.13. The Labute approximate surface area is 104 Å². The number of esters is 1. The molecule has 4 nitrogen and oxygen atoms in total. The first-order valence-corrected chi connectivity index (χ1v) is 5.34. The van der Waals surface area contributed by atoms with Crippen molar-refractivity contribution in [3.8, 4) is 5.75 Å². The van der Waals surface area contributed by atoms with Gasteiger partial charge in [0.05, 0.1) is 5.56 Å². The maximum absolute atomic E-state index is 11.8. The molecule has 0 amide bonds. The number of benzene rings is 1. The number of nitrogen functional groups attached to an aromatic ring is 1. The normalized spacial score (nSPS) is 9.78. The van der Waals surface area contributed by atoms with Crippen LogP contribution in [0, 0.1) is 0 Å². The van der Waals surface area contributed by atoms with Crippen LogP contribution >= 0.6 is 0 Å². The summed E-state index contributed by atoms with van der Waals surface area (Å²) in [5, 5.41) is 0. The molecule has 2 rings (SSSR count). The van der Waals surface area contributed by atoms with E-state index in [9.17, 15) is 9.59 Å². The van der Waals surface area contributed by atoms with Crippen LogP contribution in [0.4, 0.5) is 5.69 Å². The molecular formula is C14H11NO3. The van der Waals surface area contributed by atoms with Gasteiger partial charge in [0.15, 0.2) is 5.75 Å². The van der Waals surface area contributed by atoms with Crippen molar-refractivity contribution in [1.82, 2.24) is 0 Å². The van der Waals surface area contributed by atoms with Crippen LogP contribution in [0.5, 0.6) is 5.75 Å². The van der Waals surface area contributed by atoms with Gasteiger partial charge in [-0.15, -0.1) is 0 Å². The molecule has 0 atom stereocenters. The molecule has 0 aliphatic heterocycles. The Hall–Kier alpha value is -2.62. The van der Waals surface area contributed by atoms with E-state index in [-0.39, 0.29) is 11.2 Å². The van der Waals surface area contributed by atoms with Crippen molar-refractivity contribution in [3.63, 3.8) is 0 Å². The second-order valence-corrected chi connectivity index (χ2v) is 3.65. The van der Waals surface area contributed by atoms with E-state index in [1.54, 1.807) is 42.5 Å². The third-order valence-corrected chi connectivity index (χ3v) is 2.31. The van der Waals surface area contributed by atoms with E-state index in [1.165, 1.54) is 12.1 Å². The first-order chi connectivity index (χ1) is 8.66. The molecule has 4 heteroatoms. The van der Waals surface area contributed by atoms with Crippen LogP contribution in [0.25, 0.3) is 0 Å². The second-order valence-electron chi connectivity index (χ2n) is 3.65. The molecular weight excluding hydrogens is 230 g/mol. The van der Waals surface area contributed by atoms with Crippen molar-refractivity contribution in [2.45, 2.75) is 0 Å². The van der Waals surface area contributed by atoms with Crippen molar-refractivity contribution < 1.29 is 9.53 Å². The SMILES string of the molecule is Nc1ccc(C(=O)Oc2cccccc2=O)cc1. The van der Waals surface area contributed by atoms with Gasteiger partial charge in [-0.05, 0) is 36.4 Å². The van der Waals surface area contributed by atoms with Gasteiger partial charge in [0.1, 0.15) is 0 Å². The van der Waals surface area contributed by atoms with Gasteiger partial charge in [-0.2, -0.15) is 0 Å². The average Bonchev–Trinajstić information content (AvgIpc) is 2.56. The predicted molar refractivity (Wildman–Crippen MR) is 68.5 cm³/mol. The molecule has 0 aliphatic rings. The topological polar surface area (TPSA) is 69.4 Å². The highest BCUT2D eigenvalue weighted by Crippen LogP contribution is 2.09. The lowest BCUT2D eigenvalue weighted by Gasteiger charge is -2.02. The van der Waals surface area contributed by atoms with Gasteiger partial charge in [0.2, 0.25) is 5.43 Å². The summed E-state index contributed by atoms with van der Waals surface area (Å²) < 4.78 is 5.04. The van der Waals surface area contributed by atoms with Gasteiger partial charge in [0, 0.05) is 5.69 Å². The third kappa shape index (κ3) is 2.74. The number of nitrogens with two attached hydrogens (primary N) is 1. The van der Waals surface area contributed by atoms with Crippen LogP contribution in [0.1, 0.15) is 10.4 Å². The number of carbonyl (C=O) groups excluding carboxylic acids is 1. The fraction of sp³-hybridized carbons (Fsp3) is 0. The summed E-state index contributed by atoms with van der Waals surface area (Å²) in [7, 11) is 0. The van der Waals surface area contributed by atoms with E-state index in [1.807, 2.05) is 0 Å². The van der Waals surface area contributed by atoms with Gasteiger partial charge in [-0.1, -0.05) is 18.2 Å². The van der Waals surface area contributed by atoms with E-state index in [0.717, 1.165) is 0 Å². The molecule has 0 spiro atoms. The highest BCUT2D eigenvalue weighted by Gasteiger charge is 2.09. The van der Waals surface area contributed by atoms with Crippen LogP contribution in [0.2, 0.25) is 0 Å². The first-order valence-electron chi connectivity index (χ1n) is 5.34. The van der Waals surface area contributed by atoms with Gasteiger partial charge in [-0.25, -0.2) is 4.79 Å². The van der Waals surface area contributed by atoms with Gasteiger partial charge >= 0.3 is 5.97 Å².